The van der Waals surface area contributed by atoms with Crippen LogP contribution in [0.1, 0.15) is 17.0 Å². The summed E-state index contributed by atoms with van der Waals surface area (Å²) in [5.41, 5.74) is 1.37. The Balaban J connectivity index is 2.48. The van der Waals surface area contributed by atoms with Gasteiger partial charge in [-0.05, 0) is 30.2 Å². The maximum absolute atomic E-state index is 11.9. The topological polar surface area (TPSA) is 74.2 Å². The monoisotopic (exact) mass is 346 g/mol. The highest BCUT2D eigenvalue weighted by Crippen LogP contribution is 2.43. The Morgan fingerprint density at radius 3 is 2.24 bits per heavy atom. The Hall–Kier alpha value is -2.89. The second-order valence-corrected chi connectivity index (χ2v) is 5.37. The first-order valence-electron chi connectivity index (χ1n) is 7.70. The fourth-order valence-electron chi connectivity index (χ4n) is 2.76. The minimum Gasteiger partial charge on any atom is -0.497 e. The van der Waals surface area contributed by atoms with Crippen LogP contribution in [0, 0.1) is 0 Å². The minimum atomic E-state index is -0.951. The molecule has 6 nitrogen and oxygen atoms in total. The maximum Gasteiger partial charge on any atom is 0.311 e. The Bertz CT molecular complexity index is 741. The molecule has 0 radical (unpaired) electrons. The molecule has 0 spiro atoms. The van der Waals surface area contributed by atoms with Crippen molar-refractivity contribution in [3.8, 4) is 23.0 Å². The molecule has 0 saturated carbocycles. The fourth-order valence-corrected chi connectivity index (χ4v) is 2.76. The zero-order chi connectivity index (χ0) is 18.4. The normalized spacial score (nSPS) is 11.5. The van der Waals surface area contributed by atoms with E-state index in [4.69, 9.17) is 18.9 Å². The second kappa shape index (κ2) is 8.28. The molecule has 0 bridgehead atoms. The smallest absolute Gasteiger partial charge is 0.311 e. The van der Waals surface area contributed by atoms with Crippen molar-refractivity contribution in [2.45, 2.75) is 12.3 Å². The van der Waals surface area contributed by atoms with Crippen molar-refractivity contribution in [2.75, 3.05) is 28.4 Å². The van der Waals surface area contributed by atoms with Gasteiger partial charge in [0.15, 0.2) is 11.5 Å². The number of benzene rings is 2. The number of carbonyl (C=O) groups is 1. The molecular formula is C19H22O6. The van der Waals surface area contributed by atoms with Crippen LogP contribution >= 0.6 is 0 Å². The van der Waals surface area contributed by atoms with Gasteiger partial charge < -0.3 is 24.1 Å². The average molecular weight is 346 g/mol. The molecule has 0 aromatic heterocycles. The lowest BCUT2D eigenvalue weighted by Gasteiger charge is -2.20. The summed E-state index contributed by atoms with van der Waals surface area (Å²) < 4.78 is 21.2. The first-order valence-corrected chi connectivity index (χ1v) is 7.70. The highest BCUT2D eigenvalue weighted by molar-refractivity contribution is 5.79. The summed E-state index contributed by atoms with van der Waals surface area (Å²) in [6, 6.07) is 10.7. The van der Waals surface area contributed by atoms with E-state index >= 15 is 0 Å². The van der Waals surface area contributed by atoms with E-state index in [0.717, 1.165) is 5.56 Å². The van der Waals surface area contributed by atoms with Gasteiger partial charge in [0.1, 0.15) is 5.75 Å². The summed E-state index contributed by atoms with van der Waals surface area (Å²) in [7, 11) is 6.06. The van der Waals surface area contributed by atoms with Crippen molar-refractivity contribution in [3.05, 3.63) is 47.5 Å². The third-order valence-corrected chi connectivity index (χ3v) is 3.98. The number of rotatable bonds is 8. The second-order valence-electron chi connectivity index (χ2n) is 5.37. The molecule has 1 atom stereocenters. The van der Waals surface area contributed by atoms with Crippen LogP contribution in [0.25, 0.3) is 0 Å². The van der Waals surface area contributed by atoms with Crippen LogP contribution in [0.2, 0.25) is 0 Å². The van der Waals surface area contributed by atoms with Crippen LogP contribution in [0.4, 0.5) is 0 Å². The summed E-state index contributed by atoms with van der Waals surface area (Å²) in [6.45, 7) is 0. The number of aliphatic carboxylic acids is 1. The van der Waals surface area contributed by atoms with Crippen molar-refractivity contribution in [2.24, 2.45) is 0 Å². The van der Waals surface area contributed by atoms with Gasteiger partial charge >= 0.3 is 5.97 Å². The Labute approximate surface area is 146 Å². The SMILES string of the molecule is COc1cccc(CC(C(=O)O)c2ccc(OC)c(OC)c2OC)c1. The Kier molecular flexibility index (Phi) is 6.11. The molecule has 6 heteroatoms. The van der Waals surface area contributed by atoms with Crippen molar-refractivity contribution < 1.29 is 28.8 Å². The molecule has 25 heavy (non-hydrogen) atoms. The fraction of sp³-hybridized carbons (Fsp3) is 0.316. The van der Waals surface area contributed by atoms with Gasteiger partial charge in [-0.25, -0.2) is 0 Å². The van der Waals surface area contributed by atoms with Gasteiger partial charge in [-0.2, -0.15) is 0 Å². The van der Waals surface area contributed by atoms with E-state index in [2.05, 4.69) is 0 Å². The Morgan fingerprint density at radius 2 is 1.68 bits per heavy atom. The van der Waals surface area contributed by atoms with E-state index in [1.807, 2.05) is 24.3 Å². The van der Waals surface area contributed by atoms with E-state index < -0.39 is 11.9 Å². The summed E-state index contributed by atoms with van der Waals surface area (Å²) in [6.07, 6.45) is 0.290. The summed E-state index contributed by atoms with van der Waals surface area (Å²) in [4.78, 5) is 11.9. The molecule has 134 valence electrons. The molecular weight excluding hydrogens is 324 g/mol. The van der Waals surface area contributed by atoms with Gasteiger partial charge in [0.25, 0.3) is 0 Å². The zero-order valence-corrected chi connectivity index (χ0v) is 14.7. The molecule has 0 aliphatic rings. The summed E-state index contributed by atoms with van der Waals surface area (Å²) in [5.74, 6) is 0.140. The lowest BCUT2D eigenvalue weighted by Crippen LogP contribution is -2.16. The molecule has 0 heterocycles. The van der Waals surface area contributed by atoms with Gasteiger partial charge in [-0.15, -0.1) is 0 Å². The van der Waals surface area contributed by atoms with Crippen LogP contribution in [0.3, 0.4) is 0 Å². The number of carboxylic acids is 1. The standard InChI is InChI=1S/C19H22O6/c1-22-13-7-5-6-12(10-13)11-15(19(20)21)14-8-9-16(23-2)18(25-4)17(14)24-3/h5-10,15H,11H2,1-4H3,(H,20,21). The van der Waals surface area contributed by atoms with Crippen LogP contribution in [0.15, 0.2) is 36.4 Å². The molecule has 0 aliphatic carbocycles. The highest BCUT2D eigenvalue weighted by atomic mass is 16.5. The van der Waals surface area contributed by atoms with Crippen molar-refractivity contribution in [1.82, 2.24) is 0 Å². The van der Waals surface area contributed by atoms with Crippen LogP contribution < -0.4 is 18.9 Å². The average Bonchev–Trinajstić information content (AvgIpc) is 2.64. The van der Waals surface area contributed by atoms with Crippen LogP contribution in [-0.2, 0) is 11.2 Å². The molecule has 0 saturated heterocycles. The van der Waals surface area contributed by atoms with Crippen molar-refractivity contribution in [1.29, 1.82) is 0 Å². The van der Waals surface area contributed by atoms with Gasteiger partial charge in [0.05, 0.1) is 34.4 Å². The van der Waals surface area contributed by atoms with Gasteiger partial charge in [0.2, 0.25) is 5.75 Å². The Morgan fingerprint density at radius 1 is 0.960 bits per heavy atom. The number of hydrogen-bond donors (Lipinski definition) is 1. The van der Waals surface area contributed by atoms with E-state index in [0.29, 0.717) is 35.0 Å². The van der Waals surface area contributed by atoms with Crippen molar-refractivity contribution >= 4 is 5.97 Å². The van der Waals surface area contributed by atoms with E-state index in [9.17, 15) is 9.90 Å². The number of carboxylic acid groups (broad SMARTS) is 1. The lowest BCUT2D eigenvalue weighted by molar-refractivity contribution is -0.138. The molecule has 2 aromatic carbocycles. The minimum absolute atomic E-state index is 0.290. The molecule has 1 N–H and O–H groups in total. The van der Waals surface area contributed by atoms with Gasteiger partial charge in [-0.3, -0.25) is 4.79 Å². The highest BCUT2D eigenvalue weighted by Gasteiger charge is 2.27. The summed E-state index contributed by atoms with van der Waals surface area (Å²) in [5, 5.41) is 9.77. The first-order chi connectivity index (χ1) is 12.0. The summed E-state index contributed by atoms with van der Waals surface area (Å²) >= 11 is 0. The predicted molar refractivity (Wildman–Crippen MR) is 93.2 cm³/mol. The number of methoxy groups -OCH3 is 4. The zero-order valence-electron chi connectivity index (χ0n) is 14.7. The maximum atomic E-state index is 11.9. The van der Waals surface area contributed by atoms with Crippen molar-refractivity contribution in [3.63, 3.8) is 0 Å². The van der Waals surface area contributed by atoms with E-state index in [-0.39, 0.29) is 0 Å². The lowest BCUT2D eigenvalue weighted by atomic mass is 9.91. The van der Waals surface area contributed by atoms with E-state index in [1.165, 1.54) is 21.3 Å². The van der Waals surface area contributed by atoms with E-state index in [1.54, 1.807) is 19.2 Å². The molecule has 0 fully saturated rings. The molecule has 0 amide bonds. The third-order valence-electron chi connectivity index (χ3n) is 3.98. The molecule has 1 unspecified atom stereocenters. The first kappa shape index (κ1) is 18.4. The molecule has 2 aromatic rings. The largest absolute Gasteiger partial charge is 0.497 e. The molecule has 0 aliphatic heterocycles. The predicted octanol–water partition coefficient (Wildman–Crippen LogP) is 3.13. The van der Waals surface area contributed by atoms with Crippen LogP contribution in [-0.4, -0.2) is 39.5 Å². The third kappa shape index (κ3) is 3.96. The van der Waals surface area contributed by atoms with Gasteiger partial charge in [-0.1, -0.05) is 18.2 Å². The number of ether oxygens (including phenoxy) is 4. The quantitative estimate of drug-likeness (QED) is 0.791. The number of hydrogen-bond acceptors (Lipinski definition) is 5. The molecule has 2 rings (SSSR count). The van der Waals surface area contributed by atoms with Gasteiger partial charge in [0, 0.05) is 5.56 Å². The van der Waals surface area contributed by atoms with Crippen LogP contribution in [0.5, 0.6) is 23.0 Å².